The minimum Gasteiger partial charge on any atom is -0.462 e. The minimum absolute atomic E-state index is 0.261. The molecule has 0 spiro atoms. The van der Waals surface area contributed by atoms with Gasteiger partial charge >= 0.3 is 16.5 Å². The molecule has 0 bridgehead atoms. The van der Waals surface area contributed by atoms with Crippen molar-refractivity contribution in [3.8, 4) is 0 Å². The average Bonchev–Trinajstić information content (AvgIpc) is 2.10. The van der Waals surface area contributed by atoms with Gasteiger partial charge in [0.15, 0.2) is 0 Å². The summed E-state index contributed by atoms with van der Waals surface area (Å²) in [5.74, 6) is -0.405. The Balaban J connectivity index is 3.16. The van der Waals surface area contributed by atoms with E-state index >= 15 is 0 Å². The van der Waals surface area contributed by atoms with E-state index in [9.17, 15) is 4.79 Å². The summed E-state index contributed by atoms with van der Waals surface area (Å²) in [5.41, 5.74) is 0.376. The third kappa shape index (κ3) is 7.66. The summed E-state index contributed by atoms with van der Waals surface area (Å²) in [7, 11) is 2.56. The normalized spacial score (nSPS) is 9.69. The molecule has 0 heterocycles. The molecule has 0 rings (SSSR count). The van der Waals surface area contributed by atoms with Gasteiger partial charge in [0.2, 0.25) is 0 Å². The molecular weight excluding hydrogens is 192 g/mol. The van der Waals surface area contributed by atoms with Crippen LogP contribution in [0.4, 0.5) is 0 Å². The summed E-state index contributed by atoms with van der Waals surface area (Å²) >= 11 is 0. The number of ether oxygens (including phenoxy) is 1. The van der Waals surface area contributed by atoms with Gasteiger partial charge in [0.1, 0.15) is 0 Å². The molecule has 0 aliphatic rings. The van der Waals surface area contributed by atoms with Crippen molar-refractivity contribution >= 4 is 16.5 Å². The molecule has 0 N–H and O–H groups in total. The Hall–Kier alpha value is -0.693. The van der Waals surface area contributed by atoms with Gasteiger partial charge in [-0.1, -0.05) is 11.6 Å². The molecule has 0 aliphatic carbocycles. The van der Waals surface area contributed by atoms with Crippen molar-refractivity contribution in [1.82, 2.24) is 0 Å². The SMILES string of the molecule is C=C(C)C(=O)OCCCOOO[Si]. The van der Waals surface area contributed by atoms with E-state index in [0.717, 1.165) is 0 Å². The Morgan fingerprint density at radius 2 is 2.15 bits per heavy atom. The van der Waals surface area contributed by atoms with Crippen LogP contribution in [0.1, 0.15) is 13.3 Å². The molecule has 0 aromatic heterocycles. The molecule has 73 valence electrons. The molecule has 0 atom stereocenters. The van der Waals surface area contributed by atoms with E-state index in [4.69, 9.17) is 4.74 Å². The molecule has 0 saturated heterocycles. The lowest BCUT2D eigenvalue weighted by molar-refractivity contribution is -0.467. The Bertz CT molecular complexity index is 170. The smallest absolute Gasteiger partial charge is 0.333 e. The monoisotopic (exact) mass is 203 g/mol. The number of hydrogen-bond donors (Lipinski definition) is 0. The molecule has 0 amide bonds. The van der Waals surface area contributed by atoms with Gasteiger partial charge in [0, 0.05) is 12.0 Å². The van der Waals surface area contributed by atoms with E-state index in [1.54, 1.807) is 6.92 Å². The molecular formula is C7H11O5Si. The number of hydrogen-bond acceptors (Lipinski definition) is 5. The third-order valence-electron chi connectivity index (χ3n) is 1.04. The first-order valence-electron chi connectivity index (χ1n) is 3.63. The van der Waals surface area contributed by atoms with Crippen molar-refractivity contribution in [2.75, 3.05) is 13.2 Å². The van der Waals surface area contributed by atoms with E-state index in [1.807, 2.05) is 0 Å². The van der Waals surface area contributed by atoms with Gasteiger partial charge in [0.25, 0.3) is 0 Å². The predicted octanol–water partition coefficient (Wildman–Crippen LogP) is 0.459. The van der Waals surface area contributed by atoms with Crippen molar-refractivity contribution in [2.45, 2.75) is 13.3 Å². The van der Waals surface area contributed by atoms with Crippen molar-refractivity contribution in [2.24, 2.45) is 0 Å². The van der Waals surface area contributed by atoms with Crippen LogP contribution < -0.4 is 0 Å². The fourth-order valence-electron chi connectivity index (χ4n) is 0.464. The summed E-state index contributed by atoms with van der Waals surface area (Å²) in [5, 5.41) is 4.04. The van der Waals surface area contributed by atoms with E-state index < -0.39 is 5.97 Å². The van der Waals surface area contributed by atoms with Gasteiger partial charge in [-0.25, -0.2) is 9.68 Å². The average molecular weight is 203 g/mol. The van der Waals surface area contributed by atoms with E-state index in [-0.39, 0.29) is 13.2 Å². The molecule has 0 saturated carbocycles. The lowest BCUT2D eigenvalue weighted by Crippen LogP contribution is -2.08. The quantitative estimate of drug-likeness (QED) is 0.150. The second kappa shape index (κ2) is 7.93. The second-order valence-corrected chi connectivity index (χ2v) is 2.41. The highest BCUT2D eigenvalue weighted by Crippen LogP contribution is 1.93. The van der Waals surface area contributed by atoms with Crippen LogP contribution in [0.3, 0.4) is 0 Å². The Kier molecular flexibility index (Phi) is 7.51. The summed E-state index contributed by atoms with van der Waals surface area (Å²) in [6.45, 7) is 5.54. The zero-order valence-corrected chi connectivity index (χ0v) is 8.37. The molecule has 0 aromatic rings. The molecule has 5 nitrogen and oxygen atoms in total. The fourth-order valence-corrected chi connectivity index (χ4v) is 0.512. The summed E-state index contributed by atoms with van der Waals surface area (Å²) in [4.78, 5) is 15.2. The maximum atomic E-state index is 10.8. The highest BCUT2D eigenvalue weighted by Gasteiger charge is 2.01. The van der Waals surface area contributed by atoms with Crippen molar-refractivity contribution in [3.63, 3.8) is 0 Å². The van der Waals surface area contributed by atoms with Crippen LogP contribution in [0, 0.1) is 0 Å². The minimum atomic E-state index is -0.405. The molecule has 3 radical (unpaired) electrons. The van der Waals surface area contributed by atoms with E-state index in [1.165, 1.54) is 0 Å². The van der Waals surface area contributed by atoms with Gasteiger partial charge in [-0.3, -0.25) is 4.58 Å². The lowest BCUT2D eigenvalue weighted by atomic mass is 10.4. The van der Waals surface area contributed by atoms with Crippen LogP contribution in [0.2, 0.25) is 0 Å². The van der Waals surface area contributed by atoms with Gasteiger partial charge in [0.05, 0.1) is 13.2 Å². The topological polar surface area (TPSA) is 54.0 Å². The molecule has 6 heteroatoms. The first kappa shape index (κ1) is 12.3. The largest absolute Gasteiger partial charge is 0.462 e. The highest BCUT2D eigenvalue weighted by atomic mass is 28.2. The van der Waals surface area contributed by atoms with Crippen LogP contribution in [0.25, 0.3) is 0 Å². The highest BCUT2D eigenvalue weighted by molar-refractivity contribution is 5.97. The van der Waals surface area contributed by atoms with Crippen LogP contribution in [-0.4, -0.2) is 29.7 Å². The van der Waals surface area contributed by atoms with Crippen LogP contribution in [-0.2, 0) is 24.0 Å². The van der Waals surface area contributed by atoms with Crippen LogP contribution >= 0.6 is 0 Å². The van der Waals surface area contributed by atoms with Gasteiger partial charge in [-0.2, -0.15) is 0 Å². The summed E-state index contributed by atoms with van der Waals surface area (Å²) in [6.07, 6.45) is 0.522. The number of carbonyl (C=O) groups excluding carboxylic acids is 1. The van der Waals surface area contributed by atoms with Crippen molar-refractivity contribution < 1.29 is 24.0 Å². The first-order chi connectivity index (χ1) is 6.18. The maximum absolute atomic E-state index is 10.8. The van der Waals surface area contributed by atoms with Gasteiger partial charge in [-0.15, -0.1) is 0 Å². The molecule has 13 heavy (non-hydrogen) atoms. The molecule has 0 aromatic carbocycles. The van der Waals surface area contributed by atoms with Gasteiger partial charge in [-0.05, 0) is 6.92 Å². The van der Waals surface area contributed by atoms with Crippen molar-refractivity contribution in [3.05, 3.63) is 12.2 Å². The van der Waals surface area contributed by atoms with Gasteiger partial charge < -0.3 is 4.74 Å². The maximum Gasteiger partial charge on any atom is 0.333 e. The Morgan fingerprint density at radius 1 is 1.46 bits per heavy atom. The first-order valence-corrected chi connectivity index (χ1v) is 4.03. The summed E-state index contributed by atoms with van der Waals surface area (Å²) < 4.78 is 8.73. The zero-order valence-electron chi connectivity index (χ0n) is 7.37. The molecule has 0 aliphatic heterocycles. The fraction of sp³-hybridized carbons (Fsp3) is 0.571. The second-order valence-electron chi connectivity index (χ2n) is 2.24. The standard InChI is InChI=1S/C7H11O5Si/c1-6(2)7(8)9-4-3-5-10-11-12-13/h1,3-5H2,2H3. The zero-order chi connectivity index (χ0) is 10.1. The predicted molar refractivity (Wildman–Crippen MR) is 44.3 cm³/mol. The third-order valence-corrected chi connectivity index (χ3v) is 1.10. The Morgan fingerprint density at radius 3 is 2.69 bits per heavy atom. The lowest BCUT2D eigenvalue weighted by Gasteiger charge is -2.03. The molecule has 0 fully saturated rings. The van der Waals surface area contributed by atoms with E-state index in [0.29, 0.717) is 12.0 Å². The summed E-state index contributed by atoms with van der Waals surface area (Å²) in [6, 6.07) is 0. The van der Waals surface area contributed by atoms with Crippen LogP contribution in [0.15, 0.2) is 12.2 Å². The van der Waals surface area contributed by atoms with Crippen LogP contribution in [0.5, 0.6) is 0 Å². The van der Waals surface area contributed by atoms with E-state index in [2.05, 4.69) is 31.6 Å². The number of rotatable bonds is 7. The number of esters is 1. The van der Waals surface area contributed by atoms with Crippen molar-refractivity contribution in [1.29, 1.82) is 0 Å². The Labute approximate surface area is 80.0 Å². The molecule has 0 unspecified atom stereocenters. The number of carbonyl (C=O) groups is 1.